The van der Waals surface area contributed by atoms with E-state index in [9.17, 15) is 9.59 Å². The van der Waals surface area contributed by atoms with Gasteiger partial charge in [-0.25, -0.2) is 4.98 Å². The molecule has 0 bridgehead atoms. The van der Waals surface area contributed by atoms with Crippen molar-refractivity contribution in [1.29, 1.82) is 0 Å². The van der Waals surface area contributed by atoms with Gasteiger partial charge in [0.15, 0.2) is 10.8 Å². The number of hydrogen-bond acceptors (Lipinski definition) is 7. The molecule has 0 spiro atoms. The number of aromatic nitrogens is 1. The summed E-state index contributed by atoms with van der Waals surface area (Å²) in [7, 11) is 1.64. The molecule has 1 amide bonds. The Kier molecular flexibility index (Phi) is 6.40. The summed E-state index contributed by atoms with van der Waals surface area (Å²) in [5.74, 6) is 1.46. The van der Waals surface area contributed by atoms with Crippen LogP contribution in [-0.2, 0) is 11.3 Å². The summed E-state index contributed by atoms with van der Waals surface area (Å²) in [4.78, 5) is 30.6. The number of carbonyl (C=O) groups excluding carboxylic acids is 2. The van der Waals surface area contributed by atoms with Crippen LogP contribution in [0, 0.1) is 12.8 Å². The number of carbonyl (C=O) groups is 2. The molecule has 1 aromatic heterocycles. The van der Waals surface area contributed by atoms with Gasteiger partial charge in [-0.05, 0) is 61.9 Å². The van der Waals surface area contributed by atoms with E-state index < -0.39 is 0 Å². The second-order valence-electron chi connectivity index (χ2n) is 8.74. The largest absolute Gasteiger partial charge is 0.494 e. The quantitative estimate of drug-likeness (QED) is 0.472. The SMILES string of the molecule is COc1ccc(C)c2sc(C(=O)C3CCC(NCc4ccc5c(c4)NC(=O)CS5)CC3)nc12. The van der Waals surface area contributed by atoms with Crippen molar-refractivity contribution in [3.05, 3.63) is 46.5 Å². The van der Waals surface area contributed by atoms with Crippen LogP contribution in [0.5, 0.6) is 5.75 Å². The molecule has 1 fully saturated rings. The van der Waals surface area contributed by atoms with E-state index in [-0.39, 0.29) is 17.6 Å². The number of hydrogen-bond donors (Lipinski definition) is 2. The molecule has 8 heteroatoms. The second-order valence-corrected chi connectivity index (χ2v) is 10.8. The first kappa shape index (κ1) is 22.4. The molecule has 2 heterocycles. The first-order valence-corrected chi connectivity index (χ1v) is 13.1. The minimum Gasteiger partial charge on any atom is -0.494 e. The van der Waals surface area contributed by atoms with E-state index >= 15 is 0 Å². The van der Waals surface area contributed by atoms with Crippen molar-refractivity contribution in [3.63, 3.8) is 0 Å². The van der Waals surface area contributed by atoms with Crippen LogP contribution >= 0.6 is 23.1 Å². The molecule has 2 N–H and O–H groups in total. The van der Waals surface area contributed by atoms with Crippen molar-refractivity contribution >= 4 is 50.7 Å². The van der Waals surface area contributed by atoms with E-state index in [1.807, 2.05) is 19.1 Å². The fourth-order valence-corrected chi connectivity index (χ4v) is 6.47. The van der Waals surface area contributed by atoms with E-state index in [0.29, 0.717) is 16.8 Å². The van der Waals surface area contributed by atoms with Gasteiger partial charge in [-0.15, -0.1) is 23.1 Å². The van der Waals surface area contributed by atoms with E-state index in [1.54, 1.807) is 18.9 Å². The second kappa shape index (κ2) is 9.44. The number of Topliss-reactive ketones (excluding diaryl/α,β-unsaturated/α-hetero) is 1. The fraction of sp³-hybridized carbons (Fsp3) is 0.400. The number of ether oxygens (including phenoxy) is 1. The van der Waals surface area contributed by atoms with Crippen molar-refractivity contribution < 1.29 is 14.3 Å². The van der Waals surface area contributed by atoms with Gasteiger partial charge in [0.2, 0.25) is 5.91 Å². The molecule has 172 valence electrons. The minimum absolute atomic E-state index is 0.0332. The van der Waals surface area contributed by atoms with Crippen LogP contribution in [0.25, 0.3) is 10.2 Å². The number of benzene rings is 2. The van der Waals surface area contributed by atoms with Crippen LogP contribution < -0.4 is 15.4 Å². The molecule has 1 aliphatic heterocycles. The van der Waals surface area contributed by atoms with Crippen molar-refractivity contribution in [2.45, 2.75) is 50.1 Å². The topological polar surface area (TPSA) is 80.3 Å². The van der Waals surface area contributed by atoms with Gasteiger partial charge in [-0.3, -0.25) is 9.59 Å². The van der Waals surface area contributed by atoms with Crippen LogP contribution in [0.2, 0.25) is 0 Å². The molecule has 0 radical (unpaired) electrons. The lowest BCUT2D eigenvalue weighted by atomic mass is 9.83. The zero-order valence-corrected chi connectivity index (χ0v) is 20.4. The van der Waals surface area contributed by atoms with Gasteiger partial charge < -0.3 is 15.4 Å². The third-order valence-corrected chi connectivity index (χ3v) is 8.78. The summed E-state index contributed by atoms with van der Waals surface area (Å²) in [5.41, 5.74) is 3.98. The van der Waals surface area contributed by atoms with E-state index in [4.69, 9.17) is 4.74 Å². The molecule has 0 unspecified atom stereocenters. The third kappa shape index (κ3) is 4.65. The Morgan fingerprint density at radius 1 is 1.21 bits per heavy atom. The number of ketones is 1. The van der Waals surface area contributed by atoms with Crippen LogP contribution in [0.4, 0.5) is 5.69 Å². The van der Waals surface area contributed by atoms with Crippen molar-refractivity contribution in [1.82, 2.24) is 10.3 Å². The van der Waals surface area contributed by atoms with Crippen LogP contribution in [-0.4, -0.2) is 35.6 Å². The highest BCUT2D eigenvalue weighted by Crippen LogP contribution is 2.36. The average Bonchev–Trinajstić information content (AvgIpc) is 3.29. The van der Waals surface area contributed by atoms with Crippen molar-refractivity contribution in [2.75, 3.05) is 18.2 Å². The number of fused-ring (bicyclic) bond motifs is 2. The Morgan fingerprint density at radius 3 is 2.82 bits per heavy atom. The summed E-state index contributed by atoms with van der Waals surface area (Å²) in [6, 6.07) is 10.6. The summed E-state index contributed by atoms with van der Waals surface area (Å²) >= 11 is 3.07. The molecule has 0 atom stereocenters. The summed E-state index contributed by atoms with van der Waals surface area (Å²) in [5, 5.41) is 7.19. The van der Waals surface area contributed by atoms with Crippen LogP contribution in [0.15, 0.2) is 35.2 Å². The lowest BCUT2D eigenvalue weighted by Crippen LogP contribution is -2.34. The first-order chi connectivity index (χ1) is 16.0. The molecule has 1 saturated carbocycles. The van der Waals surface area contributed by atoms with Gasteiger partial charge in [0, 0.05) is 23.4 Å². The van der Waals surface area contributed by atoms with Crippen LogP contribution in [0.1, 0.15) is 46.6 Å². The number of rotatable bonds is 6. The van der Waals surface area contributed by atoms with E-state index in [2.05, 4.69) is 33.8 Å². The molecule has 6 nitrogen and oxygen atoms in total. The number of methoxy groups -OCH3 is 1. The van der Waals surface area contributed by atoms with Gasteiger partial charge in [-0.2, -0.15) is 0 Å². The molecular weight excluding hydrogens is 454 g/mol. The maximum atomic E-state index is 13.2. The third-order valence-electron chi connectivity index (χ3n) is 6.50. The zero-order valence-electron chi connectivity index (χ0n) is 18.8. The molecule has 1 aliphatic carbocycles. The van der Waals surface area contributed by atoms with Gasteiger partial charge in [0.25, 0.3) is 0 Å². The maximum absolute atomic E-state index is 13.2. The number of nitrogens with zero attached hydrogens (tertiary/aromatic N) is 1. The Morgan fingerprint density at radius 2 is 2.03 bits per heavy atom. The highest BCUT2D eigenvalue weighted by molar-refractivity contribution is 8.00. The first-order valence-electron chi connectivity index (χ1n) is 11.3. The Bertz CT molecular complexity index is 1220. The smallest absolute Gasteiger partial charge is 0.234 e. The zero-order chi connectivity index (χ0) is 22.9. The van der Waals surface area contributed by atoms with E-state index in [1.165, 1.54) is 11.3 Å². The Labute approximate surface area is 201 Å². The van der Waals surface area contributed by atoms with Gasteiger partial charge in [-0.1, -0.05) is 12.1 Å². The van der Waals surface area contributed by atoms with Gasteiger partial charge in [0.05, 0.1) is 23.2 Å². The number of aryl methyl sites for hydroxylation is 1. The highest BCUT2D eigenvalue weighted by Gasteiger charge is 2.29. The molecule has 5 rings (SSSR count). The van der Waals surface area contributed by atoms with Gasteiger partial charge in [0.1, 0.15) is 11.3 Å². The van der Waals surface area contributed by atoms with E-state index in [0.717, 1.165) is 69.9 Å². The summed E-state index contributed by atoms with van der Waals surface area (Å²) in [6.07, 6.45) is 3.70. The summed E-state index contributed by atoms with van der Waals surface area (Å²) < 4.78 is 6.47. The minimum atomic E-state index is 0.0332. The normalized spacial score (nSPS) is 20.4. The van der Waals surface area contributed by atoms with Crippen molar-refractivity contribution in [2.24, 2.45) is 5.92 Å². The lowest BCUT2D eigenvalue weighted by Gasteiger charge is -2.28. The fourth-order valence-electron chi connectivity index (χ4n) is 4.62. The van der Waals surface area contributed by atoms with Gasteiger partial charge >= 0.3 is 0 Å². The predicted octanol–water partition coefficient (Wildman–Crippen LogP) is 5.19. The van der Waals surface area contributed by atoms with Crippen molar-refractivity contribution in [3.8, 4) is 5.75 Å². The summed E-state index contributed by atoms with van der Waals surface area (Å²) in [6.45, 7) is 2.80. The van der Waals surface area contributed by atoms with Crippen LogP contribution in [0.3, 0.4) is 0 Å². The number of thiazole rings is 1. The Balaban J connectivity index is 1.18. The molecular formula is C25H27N3O3S2. The standard InChI is InChI=1S/C25H27N3O3S2/c1-14-3-9-19(31-2)22-24(14)33-25(28-22)23(30)16-5-7-17(8-6-16)26-12-15-4-10-20-18(11-15)27-21(29)13-32-20/h3-4,9-11,16-17,26H,5-8,12-13H2,1-2H3,(H,27,29). The maximum Gasteiger partial charge on any atom is 0.234 e. The molecule has 3 aromatic rings. The lowest BCUT2D eigenvalue weighted by molar-refractivity contribution is -0.113. The number of anilines is 1. The highest BCUT2D eigenvalue weighted by atomic mass is 32.2. The predicted molar refractivity (Wildman–Crippen MR) is 134 cm³/mol. The number of thioether (sulfide) groups is 1. The number of amides is 1. The number of nitrogens with one attached hydrogen (secondary N) is 2. The Hall–Kier alpha value is -2.42. The molecule has 33 heavy (non-hydrogen) atoms. The monoisotopic (exact) mass is 481 g/mol. The molecule has 2 aliphatic rings. The molecule has 2 aromatic carbocycles. The average molecular weight is 482 g/mol. The molecule has 0 saturated heterocycles.